The van der Waals surface area contributed by atoms with Gasteiger partial charge in [-0.05, 0) is 57.2 Å². The van der Waals surface area contributed by atoms with E-state index in [2.05, 4.69) is 31.3 Å². The van der Waals surface area contributed by atoms with Crippen LogP contribution in [0.2, 0.25) is 0 Å². The highest BCUT2D eigenvalue weighted by Crippen LogP contribution is 2.25. The maximum absolute atomic E-state index is 5.67. The van der Waals surface area contributed by atoms with Gasteiger partial charge >= 0.3 is 0 Å². The quantitative estimate of drug-likeness (QED) is 0.821. The van der Waals surface area contributed by atoms with Gasteiger partial charge in [0.1, 0.15) is 5.82 Å². The molecule has 0 saturated heterocycles. The lowest BCUT2D eigenvalue weighted by Gasteiger charge is -2.30. The molecule has 3 nitrogen and oxygen atoms in total. The van der Waals surface area contributed by atoms with Crippen LogP contribution in [0.5, 0.6) is 0 Å². The van der Waals surface area contributed by atoms with Crippen LogP contribution >= 0.6 is 0 Å². The molecule has 1 aliphatic carbocycles. The Morgan fingerprint density at radius 2 is 2.24 bits per heavy atom. The standard InChI is InChI=1S/C14H23N3/c1-3-14(2,9-10-15)17-13-8-7-11-5-4-6-12(11)16-13/h7-8H,3-6,9-10,15H2,1-2H3,(H,16,17). The van der Waals surface area contributed by atoms with Gasteiger partial charge in [0.15, 0.2) is 0 Å². The smallest absolute Gasteiger partial charge is 0.126 e. The summed E-state index contributed by atoms with van der Waals surface area (Å²) in [6.07, 6.45) is 5.60. The Hall–Kier alpha value is -1.09. The van der Waals surface area contributed by atoms with E-state index in [1.165, 1.54) is 24.1 Å². The van der Waals surface area contributed by atoms with E-state index in [9.17, 15) is 0 Å². The van der Waals surface area contributed by atoms with Crippen molar-refractivity contribution in [1.29, 1.82) is 0 Å². The van der Waals surface area contributed by atoms with Gasteiger partial charge < -0.3 is 11.1 Å². The van der Waals surface area contributed by atoms with Crippen molar-refractivity contribution in [2.75, 3.05) is 11.9 Å². The monoisotopic (exact) mass is 233 g/mol. The average molecular weight is 233 g/mol. The van der Waals surface area contributed by atoms with Gasteiger partial charge in [0.25, 0.3) is 0 Å². The van der Waals surface area contributed by atoms with E-state index in [-0.39, 0.29) is 5.54 Å². The van der Waals surface area contributed by atoms with Crippen LogP contribution in [0.15, 0.2) is 12.1 Å². The minimum atomic E-state index is 0.0641. The number of aromatic nitrogens is 1. The molecule has 2 rings (SSSR count). The normalized spacial score (nSPS) is 17.6. The van der Waals surface area contributed by atoms with Crippen LogP contribution in [0.3, 0.4) is 0 Å². The van der Waals surface area contributed by atoms with Crippen molar-refractivity contribution in [2.24, 2.45) is 5.73 Å². The number of fused-ring (bicyclic) bond motifs is 1. The number of hydrogen-bond donors (Lipinski definition) is 2. The molecule has 3 N–H and O–H groups in total. The summed E-state index contributed by atoms with van der Waals surface area (Å²) >= 11 is 0. The lowest BCUT2D eigenvalue weighted by molar-refractivity contribution is 0.462. The van der Waals surface area contributed by atoms with Crippen molar-refractivity contribution >= 4 is 5.82 Å². The molecule has 0 bridgehead atoms. The van der Waals surface area contributed by atoms with Gasteiger partial charge in [0, 0.05) is 11.2 Å². The summed E-state index contributed by atoms with van der Waals surface area (Å²) in [4.78, 5) is 4.72. The molecule has 1 unspecified atom stereocenters. The second kappa shape index (κ2) is 5.05. The molecule has 0 saturated carbocycles. The van der Waals surface area contributed by atoms with Crippen molar-refractivity contribution in [3.05, 3.63) is 23.4 Å². The number of nitrogens with zero attached hydrogens (tertiary/aromatic N) is 1. The van der Waals surface area contributed by atoms with Gasteiger partial charge in [-0.1, -0.05) is 13.0 Å². The molecular weight excluding hydrogens is 210 g/mol. The van der Waals surface area contributed by atoms with E-state index in [4.69, 9.17) is 10.7 Å². The van der Waals surface area contributed by atoms with E-state index >= 15 is 0 Å². The van der Waals surface area contributed by atoms with Gasteiger partial charge in [-0.3, -0.25) is 0 Å². The van der Waals surface area contributed by atoms with E-state index < -0.39 is 0 Å². The number of anilines is 1. The van der Waals surface area contributed by atoms with E-state index in [1.807, 2.05) is 0 Å². The third-order valence-corrected chi connectivity index (χ3v) is 3.83. The van der Waals surface area contributed by atoms with E-state index in [0.29, 0.717) is 6.54 Å². The number of hydrogen-bond acceptors (Lipinski definition) is 3. The summed E-state index contributed by atoms with van der Waals surface area (Å²) in [6, 6.07) is 4.32. The first-order valence-corrected chi connectivity index (χ1v) is 6.64. The number of aryl methyl sites for hydroxylation is 2. The van der Waals surface area contributed by atoms with Crippen LogP contribution in [0.1, 0.15) is 44.4 Å². The van der Waals surface area contributed by atoms with Crippen molar-refractivity contribution in [1.82, 2.24) is 4.98 Å². The fraction of sp³-hybridized carbons (Fsp3) is 0.643. The first kappa shape index (κ1) is 12.4. The Labute approximate surface area is 104 Å². The SMILES string of the molecule is CCC(C)(CCN)Nc1ccc2c(n1)CCC2. The lowest BCUT2D eigenvalue weighted by Crippen LogP contribution is -2.36. The van der Waals surface area contributed by atoms with Crippen LogP contribution in [0, 0.1) is 0 Å². The molecule has 0 radical (unpaired) electrons. The highest BCUT2D eigenvalue weighted by molar-refractivity contribution is 5.42. The fourth-order valence-corrected chi connectivity index (χ4v) is 2.45. The van der Waals surface area contributed by atoms with Gasteiger partial charge in [-0.25, -0.2) is 4.98 Å². The Balaban J connectivity index is 2.12. The van der Waals surface area contributed by atoms with Crippen LogP contribution < -0.4 is 11.1 Å². The van der Waals surface area contributed by atoms with Crippen LogP contribution in [-0.4, -0.2) is 17.1 Å². The highest BCUT2D eigenvalue weighted by atomic mass is 15.1. The first-order chi connectivity index (χ1) is 8.17. The molecule has 1 aliphatic rings. The zero-order valence-corrected chi connectivity index (χ0v) is 10.9. The number of nitrogens with one attached hydrogen (secondary N) is 1. The highest BCUT2D eigenvalue weighted by Gasteiger charge is 2.22. The molecule has 0 amide bonds. The molecule has 1 aromatic heterocycles. The Morgan fingerprint density at radius 3 is 2.94 bits per heavy atom. The largest absolute Gasteiger partial charge is 0.365 e. The summed E-state index contributed by atoms with van der Waals surface area (Å²) in [6.45, 7) is 5.12. The molecule has 1 aromatic rings. The van der Waals surface area contributed by atoms with Gasteiger partial charge in [-0.15, -0.1) is 0 Å². The predicted molar refractivity (Wildman–Crippen MR) is 72.3 cm³/mol. The predicted octanol–water partition coefficient (Wildman–Crippen LogP) is 2.50. The molecule has 1 heterocycles. The minimum absolute atomic E-state index is 0.0641. The lowest BCUT2D eigenvalue weighted by atomic mass is 9.94. The maximum atomic E-state index is 5.67. The molecule has 3 heteroatoms. The van der Waals surface area contributed by atoms with E-state index in [0.717, 1.165) is 25.1 Å². The third-order valence-electron chi connectivity index (χ3n) is 3.83. The molecule has 0 fully saturated rings. The first-order valence-electron chi connectivity index (χ1n) is 6.64. The molecule has 1 atom stereocenters. The summed E-state index contributed by atoms with van der Waals surface area (Å²) < 4.78 is 0. The number of pyridine rings is 1. The summed E-state index contributed by atoms with van der Waals surface area (Å²) in [5.74, 6) is 1.00. The molecule has 0 spiro atoms. The zero-order valence-electron chi connectivity index (χ0n) is 10.9. The van der Waals surface area contributed by atoms with Crippen LogP contribution in [0.4, 0.5) is 5.82 Å². The molecule has 0 aromatic carbocycles. The van der Waals surface area contributed by atoms with Crippen LogP contribution in [0.25, 0.3) is 0 Å². The second-order valence-corrected chi connectivity index (χ2v) is 5.23. The zero-order chi connectivity index (χ0) is 12.3. The molecule has 17 heavy (non-hydrogen) atoms. The van der Waals surface area contributed by atoms with Crippen LogP contribution in [-0.2, 0) is 12.8 Å². The molecule has 0 aliphatic heterocycles. The van der Waals surface area contributed by atoms with Gasteiger partial charge in [0.2, 0.25) is 0 Å². The van der Waals surface area contributed by atoms with Crippen molar-refractivity contribution in [3.8, 4) is 0 Å². The molecular formula is C14H23N3. The summed E-state index contributed by atoms with van der Waals surface area (Å²) in [5.41, 5.74) is 8.44. The third kappa shape index (κ3) is 2.78. The minimum Gasteiger partial charge on any atom is -0.365 e. The average Bonchev–Trinajstić information content (AvgIpc) is 2.76. The van der Waals surface area contributed by atoms with Crippen molar-refractivity contribution < 1.29 is 0 Å². The van der Waals surface area contributed by atoms with E-state index in [1.54, 1.807) is 0 Å². The summed E-state index contributed by atoms with van der Waals surface area (Å²) in [5, 5.41) is 3.54. The maximum Gasteiger partial charge on any atom is 0.126 e. The Bertz CT molecular complexity index is 389. The van der Waals surface area contributed by atoms with Gasteiger partial charge in [0.05, 0.1) is 0 Å². The van der Waals surface area contributed by atoms with Gasteiger partial charge in [-0.2, -0.15) is 0 Å². The second-order valence-electron chi connectivity index (χ2n) is 5.23. The van der Waals surface area contributed by atoms with Crippen molar-refractivity contribution in [3.63, 3.8) is 0 Å². The fourth-order valence-electron chi connectivity index (χ4n) is 2.45. The Morgan fingerprint density at radius 1 is 1.41 bits per heavy atom. The topological polar surface area (TPSA) is 50.9 Å². The molecule has 94 valence electrons. The van der Waals surface area contributed by atoms with Crippen molar-refractivity contribution in [2.45, 2.75) is 51.5 Å². The summed E-state index contributed by atoms with van der Waals surface area (Å²) in [7, 11) is 0. The number of nitrogens with two attached hydrogens (primary N) is 1. The Kier molecular flexibility index (Phi) is 3.67. The number of rotatable bonds is 5.